The molecular weight excluding hydrogens is 363 g/mol. The predicted molar refractivity (Wildman–Crippen MR) is 100 cm³/mol. The smallest absolute Gasteiger partial charge is 0.262 e. The molecule has 0 bridgehead atoms. The van der Waals surface area contributed by atoms with Gasteiger partial charge in [-0.15, -0.1) is 11.3 Å². The van der Waals surface area contributed by atoms with Crippen LogP contribution in [-0.2, 0) is 4.74 Å². The molecule has 2 aromatic rings. The molecule has 1 N–H and O–H groups in total. The topological polar surface area (TPSA) is 41.6 Å². The molecule has 3 rings (SSSR count). The molecule has 2 heterocycles. The van der Waals surface area contributed by atoms with Crippen molar-refractivity contribution in [1.82, 2.24) is 10.2 Å². The van der Waals surface area contributed by atoms with Crippen LogP contribution in [0.3, 0.4) is 0 Å². The highest BCUT2D eigenvalue weighted by Gasteiger charge is 2.22. The first kappa shape index (κ1) is 18.6. The maximum atomic E-state index is 13.3. The summed E-state index contributed by atoms with van der Waals surface area (Å²) in [6, 6.07) is 4.37. The van der Waals surface area contributed by atoms with E-state index in [1.165, 1.54) is 23.5 Å². The van der Waals surface area contributed by atoms with E-state index in [0.717, 1.165) is 31.4 Å². The SMILES string of the molecule is CC1CN(CCCNC(=O)c2sc3cc(F)ccc3c2Cl)CC(C)O1. The van der Waals surface area contributed by atoms with Crippen molar-refractivity contribution < 1.29 is 13.9 Å². The fourth-order valence-electron chi connectivity index (χ4n) is 3.24. The molecule has 4 nitrogen and oxygen atoms in total. The van der Waals surface area contributed by atoms with Gasteiger partial charge in [-0.1, -0.05) is 11.6 Å². The second-order valence-electron chi connectivity index (χ2n) is 6.51. The molecule has 0 aliphatic carbocycles. The fourth-order valence-corrected chi connectivity index (χ4v) is 4.70. The maximum Gasteiger partial charge on any atom is 0.262 e. The monoisotopic (exact) mass is 384 g/mol. The van der Waals surface area contributed by atoms with Gasteiger partial charge in [0.2, 0.25) is 0 Å². The Morgan fingerprint density at radius 3 is 2.84 bits per heavy atom. The van der Waals surface area contributed by atoms with Crippen LogP contribution < -0.4 is 5.32 Å². The van der Waals surface area contributed by atoms with Gasteiger partial charge in [-0.25, -0.2) is 4.39 Å². The summed E-state index contributed by atoms with van der Waals surface area (Å²) in [5.74, 6) is -0.526. The summed E-state index contributed by atoms with van der Waals surface area (Å²) in [4.78, 5) is 15.2. The molecule has 136 valence electrons. The first-order valence-corrected chi connectivity index (χ1v) is 9.67. The van der Waals surface area contributed by atoms with Crippen LogP contribution in [0.25, 0.3) is 10.1 Å². The van der Waals surface area contributed by atoms with Crippen molar-refractivity contribution in [1.29, 1.82) is 0 Å². The molecule has 1 fully saturated rings. The number of halogens is 2. The number of hydrogen-bond acceptors (Lipinski definition) is 4. The zero-order chi connectivity index (χ0) is 18.0. The number of morpholine rings is 1. The van der Waals surface area contributed by atoms with E-state index in [1.54, 1.807) is 6.07 Å². The van der Waals surface area contributed by atoms with Gasteiger partial charge >= 0.3 is 0 Å². The Morgan fingerprint density at radius 1 is 1.40 bits per heavy atom. The van der Waals surface area contributed by atoms with Crippen LogP contribution >= 0.6 is 22.9 Å². The van der Waals surface area contributed by atoms with Crippen LogP contribution in [0.5, 0.6) is 0 Å². The van der Waals surface area contributed by atoms with Gasteiger partial charge in [0.05, 0.1) is 17.2 Å². The summed E-state index contributed by atoms with van der Waals surface area (Å²) in [6.07, 6.45) is 1.36. The Morgan fingerprint density at radius 2 is 2.12 bits per heavy atom. The zero-order valence-electron chi connectivity index (χ0n) is 14.4. The highest BCUT2D eigenvalue weighted by atomic mass is 35.5. The number of fused-ring (bicyclic) bond motifs is 1. The maximum absolute atomic E-state index is 13.3. The minimum Gasteiger partial charge on any atom is -0.373 e. The first-order valence-electron chi connectivity index (χ1n) is 8.47. The van der Waals surface area contributed by atoms with Crippen molar-refractivity contribution in [3.63, 3.8) is 0 Å². The zero-order valence-corrected chi connectivity index (χ0v) is 15.9. The molecule has 1 aromatic heterocycles. The second kappa shape index (κ2) is 7.99. The van der Waals surface area contributed by atoms with E-state index in [0.29, 0.717) is 21.1 Å². The van der Waals surface area contributed by atoms with Crippen molar-refractivity contribution in [2.45, 2.75) is 32.5 Å². The highest BCUT2D eigenvalue weighted by molar-refractivity contribution is 7.21. The summed E-state index contributed by atoms with van der Waals surface area (Å²) in [5.41, 5.74) is 0. The lowest BCUT2D eigenvalue weighted by Crippen LogP contribution is -2.46. The van der Waals surface area contributed by atoms with Crippen LogP contribution in [0.2, 0.25) is 5.02 Å². The minimum absolute atomic E-state index is 0.199. The molecule has 2 atom stereocenters. The van der Waals surface area contributed by atoms with E-state index in [9.17, 15) is 9.18 Å². The Bertz CT molecular complexity index is 757. The van der Waals surface area contributed by atoms with Crippen LogP contribution in [-0.4, -0.2) is 49.2 Å². The Hall–Kier alpha value is -1.21. The average Bonchev–Trinajstić information content (AvgIpc) is 2.87. The van der Waals surface area contributed by atoms with Gasteiger partial charge in [0, 0.05) is 36.3 Å². The third-order valence-corrected chi connectivity index (χ3v) is 5.89. The summed E-state index contributed by atoms with van der Waals surface area (Å²) in [6.45, 7) is 7.51. The Labute approximate surface area is 155 Å². The molecule has 1 aliphatic heterocycles. The molecule has 0 saturated carbocycles. The fraction of sp³-hybridized carbons (Fsp3) is 0.500. The molecule has 0 radical (unpaired) electrons. The molecule has 1 aromatic carbocycles. The van der Waals surface area contributed by atoms with Crippen molar-refractivity contribution in [3.05, 3.63) is 33.9 Å². The number of nitrogens with zero attached hydrogens (tertiary/aromatic N) is 1. The molecule has 0 spiro atoms. The third kappa shape index (κ3) is 4.50. The Kier molecular flexibility index (Phi) is 5.94. The molecule has 7 heteroatoms. The largest absolute Gasteiger partial charge is 0.373 e. The van der Waals surface area contributed by atoms with Gasteiger partial charge in [0.15, 0.2) is 0 Å². The van der Waals surface area contributed by atoms with Gasteiger partial charge in [-0.3, -0.25) is 9.69 Å². The number of thiophene rings is 1. The van der Waals surface area contributed by atoms with Gasteiger partial charge < -0.3 is 10.1 Å². The molecule has 1 saturated heterocycles. The first-order chi connectivity index (χ1) is 11.9. The summed E-state index contributed by atoms with van der Waals surface area (Å²) in [5, 5.41) is 4.03. The van der Waals surface area contributed by atoms with Gasteiger partial charge in [0.25, 0.3) is 5.91 Å². The normalized spacial score (nSPS) is 21.6. The number of carbonyl (C=O) groups excluding carboxylic acids is 1. The lowest BCUT2D eigenvalue weighted by atomic mass is 10.2. The van der Waals surface area contributed by atoms with E-state index in [-0.39, 0.29) is 23.9 Å². The molecule has 2 unspecified atom stereocenters. The predicted octanol–water partition coefficient (Wildman–Crippen LogP) is 3.92. The molecular formula is C18H22ClFN2O2S. The van der Waals surface area contributed by atoms with Crippen LogP contribution in [0.1, 0.15) is 29.9 Å². The molecule has 1 aliphatic rings. The van der Waals surface area contributed by atoms with Gasteiger partial charge in [0.1, 0.15) is 10.7 Å². The standard InChI is InChI=1S/C18H22ClFN2O2S/c1-11-9-22(10-12(2)24-11)7-3-6-21-18(23)17-16(19)14-5-4-13(20)8-15(14)25-17/h4-5,8,11-12H,3,6-7,9-10H2,1-2H3,(H,21,23). The van der Waals surface area contributed by atoms with Crippen molar-refractivity contribution in [2.75, 3.05) is 26.2 Å². The highest BCUT2D eigenvalue weighted by Crippen LogP contribution is 2.35. The lowest BCUT2D eigenvalue weighted by molar-refractivity contribution is -0.0679. The van der Waals surface area contributed by atoms with Crippen molar-refractivity contribution in [2.24, 2.45) is 0 Å². The molecule has 25 heavy (non-hydrogen) atoms. The average molecular weight is 385 g/mol. The quantitative estimate of drug-likeness (QED) is 0.794. The van der Waals surface area contributed by atoms with Crippen LogP contribution in [0.4, 0.5) is 4.39 Å². The number of rotatable bonds is 5. The summed E-state index contributed by atoms with van der Waals surface area (Å²) >= 11 is 7.50. The summed E-state index contributed by atoms with van der Waals surface area (Å²) in [7, 11) is 0. The van der Waals surface area contributed by atoms with Gasteiger partial charge in [-0.2, -0.15) is 0 Å². The second-order valence-corrected chi connectivity index (χ2v) is 7.94. The van der Waals surface area contributed by atoms with E-state index in [4.69, 9.17) is 16.3 Å². The number of ether oxygens (including phenoxy) is 1. The number of nitrogens with one attached hydrogen (secondary N) is 1. The number of amides is 1. The Balaban J connectivity index is 1.52. The van der Waals surface area contributed by atoms with Crippen LogP contribution in [0.15, 0.2) is 18.2 Å². The van der Waals surface area contributed by atoms with Crippen molar-refractivity contribution >= 4 is 38.9 Å². The van der Waals surface area contributed by atoms with Crippen molar-refractivity contribution in [3.8, 4) is 0 Å². The van der Waals surface area contributed by atoms with Gasteiger partial charge in [-0.05, 0) is 38.5 Å². The summed E-state index contributed by atoms with van der Waals surface area (Å²) < 4.78 is 19.7. The number of carbonyl (C=O) groups is 1. The lowest BCUT2D eigenvalue weighted by Gasteiger charge is -2.35. The van der Waals surface area contributed by atoms with E-state index in [1.807, 2.05) is 0 Å². The van der Waals surface area contributed by atoms with Crippen LogP contribution in [0, 0.1) is 5.82 Å². The number of benzene rings is 1. The van der Waals surface area contributed by atoms with E-state index in [2.05, 4.69) is 24.1 Å². The van der Waals surface area contributed by atoms with E-state index < -0.39 is 0 Å². The number of hydrogen-bond donors (Lipinski definition) is 1. The third-order valence-electron chi connectivity index (χ3n) is 4.23. The minimum atomic E-state index is -0.327. The van der Waals surface area contributed by atoms with E-state index >= 15 is 0 Å². The molecule has 1 amide bonds.